The summed E-state index contributed by atoms with van der Waals surface area (Å²) in [4.78, 5) is 2.27. The molecular weight excluding hydrogens is 234 g/mol. The number of furan rings is 1. The molecule has 1 aliphatic heterocycles. The standard InChI is InChI=1S/C12H15N3O3/c1-9-8-16-6-4-15(9)7-11-13-14-12(18-11)10-3-2-5-17-10/h2-3,5,9H,4,6-8H2,1H3/t9-/m0/s1. The highest BCUT2D eigenvalue weighted by Gasteiger charge is 2.21. The number of hydrogen-bond acceptors (Lipinski definition) is 6. The third-order valence-electron chi connectivity index (χ3n) is 3.04. The van der Waals surface area contributed by atoms with Gasteiger partial charge in [0.25, 0.3) is 5.89 Å². The van der Waals surface area contributed by atoms with Crippen LogP contribution in [0, 0.1) is 0 Å². The molecule has 3 heterocycles. The largest absolute Gasteiger partial charge is 0.459 e. The lowest BCUT2D eigenvalue weighted by Crippen LogP contribution is -2.42. The smallest absolute Gasteiger partial charge is 0.283 e. The number of hydrogen-bond donors (Lipinski definition) is 0. The van der Waals surface area contributed by atoms with Gasteiger partial charge >= 0.3 is 0 Å². The number of rotatable bonds is 3. The molecule has 1 fully saturated rings. The molecule has 2 aromatic rings. The Bertz CT molecular complexity index is 494. The molecule has 96 valence electrons. The first-order valence-electron chi connectivity index (χ1n) is 6.01. The first-order chi connectivity index (χ1) is 8.83. The molecule has 0 bridgehead atoms. The minimum Gasteiger partial charge on any atom is -0.459 e. The summed E-state index contributed by atoms with van der Waals surface area (Å²) in [5, 5.41) is 8.02. The summed E-state index contributed by atoms with van der Waals surface area (Å²) in [6.45, 7) is 5.17. The minimum absolute atomic E-state index is 0.373. The van der Waals surface area contributed by atoms with Crippen molar-refractivity contribution in [3.05, 3.63) is 24.3 Å². The van der Waals surface area contributed by atoms with Crippen molar-refractivity contribution in [2.24, 2.45) is 0 Å². The van der Waals surface area contributed by atoms with Crippen LogP contribution in [0.3, 0.4) is 0 Å². The van der Waals surface area contributed by atoms with Crippen molar-refractivity contribution in [3.63, 3.8) is 0 Å². The summed E-state index contributed by atoms with van der Waals surface area (Å²) < 4.78 is 16.2. The molecule has 0 N–H and O–H groups in total. The topological polar surface area (TPSA) is 64.5 Å². The van der Waals surface area contributed by atoms with E-state index >= 15 is 0 Å². The molecule has 18 heavy (non-hydrogen) atoms. The van der Waals surface area contributed by atoms with Gasteiger partial charge in [0.05, 0.1) is 26.0 Å². The van der Waals surface area contributed by atoms with E-state index in [0.717, 1.165) is 19.8 Å². The summed E-state index contributed by atoms with van der Waals surface area (Å²) >= 11 is 0. The van der Waals surface area contributed by atoms with E-state index in [1.165, 1.54) is 0 Å². The van der Waals surface area contributed by atoms with Crippen molar-refractivity contribution < 1.29 is 13.6 Å². The maximum Gasteiger partial charge on any atom is 0.283 e. The molecule has 0 aromatic carbocycles. The van der Waals surface area contributed by atoms with Gasteiger partial charge in [-0.1, -0.05) is 0 Å². The zero-order chi connectivity index (χ0) is 12.4. The van der Waals surface area contributed by atoms with Gasteiger partial charge in [-0.15, -0.1) is 10.2 Å². The molecule has 3 rings (SSSR count). The van der Waals surface area contributed by atoms with E-state index < -0.39 is 0 Å². The van der Waals surface area contributed by atoms with Gasteiger partial charge in [-0.3, -0.25) is 4.90 Å². The predicted octanol–water partition coefficient (Wildman–Crippen LogP) is 1.55. The van der Waals surface area contributed by atoms with Crippen molar-refractivity contribution in [1.29, 1.82) is 0 Å². The van der Waals surface area contributed by atoms with Crippen LogP contribution in [0.1, 0.15) is 12.8 Å². The number of ether oxygens (including phenoxy) is 1. The van der Waals surface area contributed by atoms with E-state index in [1.807, 2.05) is 0 Å². The fourth-order valence-electron chi connectivity index (χ4n) is 1.99. The van der Waals surface area contributed by atoms with Gasteiger partial charge in [-0.05, 0) is 19.1 Å². The van der Waals surface area contributed by atoms with E-state index in [9.17, 15) is 0 Å². The molecule has 6 heteroatoms. The fraction of sp³-hybridized carbons (Fsp3) is 0.500. The molecular formula is C12H15N3O3. The Morgan fingerprint density at radius 2 is 2.39 bits per heavy atom. The van der Waals surface area contributed by atoms with Crippen molar-refractivity contribution in [2.45, 2.75) is 19.5 Å². The second-order valence-electron chi connectivity index (χ2n) is 4.37. The van der Waals surface area contributed by atoms with Gasteiger partial charge in [0, 0.05) is 12.6 Å². The van der Waals surface area contributed by atoms with Crippen molar-refractivity contribution in [3.8, 4) is 11.7 Å². The fourth-order valence-corrected chi connectivity index (χ4v) is 1.99. The Labute approximate surface area is 105 Å². The normalized spacial score (nSPS) is 21.3. The van der Waals surface area contributed by atoms with Crippen LogP contribution >= 0.6 is 0 Å². The van der Waals surface area contributed by atoms with E-state index in [1.54, 1.807) is 18.4 Å². The summed E-state index contributed by atoms with van der Waals surface area (Å²) in [5.74, 6) is 1.63. The van der Waals surface area contributed by atoms with E-state index in [0.29, 0.717) is 30.1 Å². The maximum absolute atomic E-state index is 5.58. The Morgan fingerprint density at radius 1 is 1.44 bits per heavy atom. The zero-order valence-corrected chi connectivity index (χ0v) is 10.2. The van der Waals surface area contributed by atoms with Gasteiger partial charge in [0.15, 0.2) is 5.76 Å². The van der Waals surface area contributed by atoms with Crippen LogP contribution in [0.2, 0.25) is 0 Å². The Balaban J connectivity index is 1.70. The molecule has 0 aliphatic carbocycles. The molecule has 1 saturated heterocycles. The van der Waals surface area contributed by atoms with Crippen LogP contribution < -0.4 is 0 Å². The van der Waals surface area contributed by atoms with Gasteiger partial charge < -0.3 is 13.6 Å². The Kier molecular flexibility index (Phi) is 3.12. The summed E-state index contributed by atoms with van der Waals surface area (Å²) in [5.41, 5.74) is 0. The summed E-state index contributed by atoms with van der Waals surface area (Å²) in [7, 11) is 0. The predicted molar refractivity (Wildman–Crippen MR) is 62.7 cm³/mol. The number of morpholine rings is 1. The lowest BCUT2D eigenvalue weighted by Gasteiger charge is -2.31. The van der Waals surface area contributed by atoms with Crippen molar-refractivity contribution >= 4 is 0 Å². The lowest BCUT2D eigenvalue weighted by atomic mass is 10.2. The third kappa shape index (κ3) is 2.30. The molecule has 2 aromatic heterocycles. The first kappa shape index (κ1) is 11.4. The van der Waals surface area contributed by atoms with E-state index in [4.69, 9.17) is 13.6 Å². The van der Waals surface area contributed by atoms with Crippen LogP contribution in [0.15, 0.2) is 27.2 Å². The second-order valence-corrected chi connectivity index (χ2v) is 4.37. The minimum atomic E-state index is 0.373. The first-order valence-corrected chi connectivity index (χ1v) is 6.01. The zero-order valence-electron chi connectivity index (χ0n) is 10.2. The van der Waals surface area contributed by atoms with Crippen LogP contribution in [-0.4, -0.2) is 40.9 Å². The maximum atomic E-state index is 5.58. The summed E-state index contributed by atoms with van der Waals surface area (Å²) in [6.07, 6.45) is 1.59. The van der Waals surface area contributed by atoms with Gasteiger partial charge in [-0.25, -0.2) is 0 Å². The number of aromatic nitrogens is 2. The SMILES string of the molecule is C[C@H]1COCCN1Cc1nnc(-c2ccco2)o1. The monoisotopic (exact) mass is 249 g/mol. The average Bonchev–Trinajstić information content (AvgIpc) is 3.02. The second kappa shape index (κ2) is 4.91. The molecule has 1 aliphatic rings. The van der Waals surface area contributed by atoms with Gasteiger partial charge in [0.2, 0.25) is 5.89 Å². The van der Waals surface area contributed by atoms with Crippen LogP contribution in [0.5, 0.6) is 0 Å². The Morgan fingerprint density at radius 3 is 3.17 bits per heavy atom. The highest BCUT2D eigenvalue weighted by Crippen LogP contribution is 2.19. The molecule has 0 saturated carbocycles. The van der Waals surface area contributed by atoms with Crippen LogP contribution in [0.25, 0.3) is 11.7 Å². The highest BCUT2D eigenvalue weighted by atomic mass is 16.5. The van der Waals surface area contributed by atoms with Crippen LogP contribution in [-0.2, 0) is 11.3 Å². The third-order valence-corrected chi connectivity index (χ3v) is 3.04. The van der Waals surface area contributed by atoms with Crippen molar-refractivity contribution in [2.75, 3.05) is 19.8 Å². The molecule has 6 nitrogen and oxygen atoms in total. The molecule has 0 unspecified atom stereocenters. The number of nitrogens with zero attached hydrogens (tertiary/aromatic N) is 3. The molecule has 0 spiro atoms. The molecule has 0 amide bonds. The van der Waals surface area contributed by atoms with E-state index in [2.05, 4.69) is 22.0 Å². The quantitative estimate of drug-likeness (QED) is 0.822. The average molecular weight is 249 g/mol. The Hall–Kier alpha value is -1.66. The van der Waals surface area contributed by atoms with Gasteiger partial charge in [-0.2, -0.15) is 0 Å². The van der Waals surface area contributed by atoms with Crippen molar-refractivity contribution in [1.82, 2.24) is 15.1 Å². The molecule has 0 radical (unpaired) electrons. The summed E-state index contributed by atoms with van der Waals surface area (Å²) in [6, 6.07) is 3.97. The van der Waals surface area contributed by atoms with Crippen LogP contribution in [0.4, 0.5) is 0 Å². The molecule has 1 atom stereocenters. The highest BCUT2D eigenvalue weighted by molar-refractivity contribution is 5.42. The lowest BCUT2D eigenvalue weighted by molar-refractivity contribution is -0.00779. The van der Waals surface area contributed by atoms with Gasteiger partial charge in [0.1, 0.15) is 0 Å². The van der Waals surface area contributed by atoms with E-state index in [-0.39, 0.29) is 0 Å².